The second-order valence-electron chi connectivity index (χ2n) is 7.24. The third-order valence-corrected chi connectivity index (χ3v) is 5.28. The van der Waals surface area contributed by atoms with E-state index < -0.39 is 17.8 Å². The Morgan fingerprint density at radius 3 is 2.41 bits per heavy atom. The van der Waals surface area contributed by atoms with Crippen molar-refractivity contribution in [2.75, 3.05) is 0 Å². The first-order valence-electron chi connectivity index (χ1n) is 9.80. The number of para-hydroxylation sites is 1. The molecule has 0 bridgehead atoms. The van der Waals surface area contributed by atoms with E-state index in [2.05, 4.69) is 5.32 Å². The molecule has 0 aromatic heterocycles. The molecule has 2 aromatic carbocycles. The molecule has 1 saturated carbocycles. The normalized spacial score (nSPS) is 19.0. The fourth-order valence-corrected chi connectivity index (χ4v) is 3.79. The molecule has 2 aromatic rings. The van der Waals surface area contributed by atoms with E-state index in [-0.39, 0.29) is 11.6 Å². The molecule has 6 nitrogen and oxygen atoms in total. The largest absolute Gasteiger partial charge is 0.488 e. The van der Waals surface area contributed by atoms with Crippen molar-refractivity contribution in [1.82, 2.24) is 10.2 Å². The van der Waals surface area contributed by atoms with Crippen molar-refractivity contribution in [3.8, 4) is 5.75 Å². The molecule has 4 amide bonds. The molecule has 1 aliphatic carbocycles. The predicted octanol–water partition coefficient (Wildman–Crippen LogP) is 3.67. The minimum Gasteiger partial charge on any atom is -0.488 e. The van der Waals surface area contributed by atoms with E-state index in [4.69, 9.17) is 4.74 Å². The van der Waals surface area contributed by atoms with Gasteiger partial charge in [0.15, 0.2) is 0 Å². The lowest BCUT2D eigenvalue weighted by molar-refractivity contribution is -0.131. The fraction of sp³-hybridized carbons (Fsp3) is 0.261. The maximum absolute atomic E-state index is 13.0. The van der Waals surface area contributed by atoms with Crippen LogP contribution in [-0.2, 0) is 16.2 Å². The van der Waals surface area contributed by atoms with Crippen LogP contribution >= 0.6 is 0 Å². The molecule has 1 aliphatic heterocycles. The summed E-state index contributed by atoms with van der Waals surface area (Å²) >= 11 is 0. The molecular formula is C23H22N2O4. The zero-order valence-electron chi connectivity index (χ0n) is 16.0. The van der Waals surface area contributed by atoms with E-state index in [1.807, 2.05) is 42.5 Å². The predicted molar refractivity (Wildman–Crippen MR) is 108 cm³/mol. The third kappa shape index (κ3) is 4.06. The SMILES string of the molecule is O=C1NC(=O)N(C2CCCC2)C(=O)/C1=C/c1ccccc1OCc1ccccc1. The number of carbonyl (C=O) groups excluding carboxylic acids is 3. The van der Waals surface area contributed by atoms with E-state index in [1.165, 1.54) is 11.0 Å². The smallest absolute Gasteiger partial charge is 0.331 e. The molecule has 2 aliphatic rings. The molecule has 4 rings (SSSR count). The lowest BCUT2D eigenvalue weighted by Crippen LogP contribution is -2.57. The Morgan fingerprint density at radius 1 is 0.966 bits per heavy atom. The number of imide groups is 2. The number of urea groups is 1. The molecule has 0 radical (unpaired) electrons. The Bertz CT molecular complexity index is 962. The minimum absolute atomic E-state index is 0.0488. The quantitative estimate of drug-likeness (QED) is 0.624. The summed E-state index contributed by atoms with van der Waals surface area (Å²) in [6.07, 6.45) is 5.01. The van der Waals surface area contributed by atoms with Gasteiger partial charge < -0.3 is 4.74 Å². The Morgan fingerprint density at radius 2 is 1.66 bits per heavy atom. The molecule has 0 unspecified atom stereocenters. The highest BCUT2D eigenvalue weighted by Gasteiger charge is 2.40. The average molecular weight is 390 g/mol. The summed E-state index contributed by atoms with van der Waals surface area (Å²) in [5, 5.41) is 2.30. The van der Waals surface area contributed by atoms with Crippen LogP contribution in [0.5, 0.6) is 5.75 Å². The van der Waals surface area contributed by atoms with Gasteiger partial charge >= 0.3 is 6.03 Å². The summed E-state index contributed by atoms with van der Waals surface area (Å²) in [4.78, 5) is 38.8. The second kappa shape index (κ2) is 8.31. The van der Waals surface area contributed by atoms with Crippen LogP contribution < -0.4 is 10.1 Å². The first-order valence-corrected chi connectivity index (χ1v) is 9.80. The van der Waals surface area contributed by atoms with Crippen LogP contribution in [0.15, 0.2) is 60.2 Å². The van der Waals surface area contributed by atoms with Crippen molar-refractivity contribution in [2.45, 2.75) is 38.3 Å². The number of barbiturate groups is 1. The van der Waals surface area contributed by atoms with Gasteiger partial charge in [0.1, 0.15) is 17.9 Å². The van der Waals surface area contributed by atoms with E-state index in [9.17, 15) is 14.4 Å². The van der Waals surface area contributed by atoms with E-state index in [1.54, 1.807) is 12.1 Å². The van der Waals surface area contributed by atoms with Crippen LogP contribution in [0.4, 0.5) is 4.79 Å². The number of carbonyl (C=O) groups is 3. The monoisotopic (exact) mass is 390 g/mol. The standard InChI is InChI=1S/C23H22N2O4/c26-21-19(22(27)25(23(28)24-21)18-11-5-6-12-18)14-17-10-4-7-13-20(17)29-15-16-8-2-1-3-9-16/h1-4,7-10,13-14,18H,5-6,11-12,15H2,(H,24,26,28)/b19-14+. The molecular weight excluding hydrogens is 368 g/mol. The van der Waals surface area contributed by atoms with Crippen LogP contribution in [0.1, 0.15) is 36.8 Å². The second-order valence-corrected chi connectivity index (χ2v) is 7.24. The summed E-state index contributed by atoms with van der Waals surface area (Å²) in [5.41, 5.74) is 1.58. The molecule has 148 valence electrons. The fourth-order valence-electron chi connectivity index (χ4n) is 3.79. The summed E-state index contributed by atoms with van der Waals surface area (Å²) < 4.78 is 5.91. The topological polar surface area (TPSA) is 75.7 Å². The molecule has 0 atom stereocenters. The molecule has 1 heterocycles. The van der Waals surface area contributed by atoms with Gasteiger partial charge in [-0.3, -0.25) is 19.8 Å². The molecule has 1 saturated heterocycles. The highest BCUT2D eigenvalue weighted by molar-refractivity contribution is 6.31. The Kier molecular flexibility index (Phi) is 5.42. The highest BCUT2D eigenvalue weighted by atomic mass is 16.5. The first-order chi connectivity index (χ1) is 14.1. The van der Waals surface area contributed by atoms with Crippen LogP contribution in [-0.4, -0.2) is 28.8 Å². The Balaban J connectivity index is 1.60. The van der Waals surface area contributed by atoms with Gasteiger partial charge in [-0.15, -0.1) is 0 Å². The summed E-state index contributed by atoms with van der Waals surface area (Å²) in [5.74, 6) is -0.649. The zero-order valence-corrected chi connectivity index (χ0v) is 16.0. The minimum atomic E-state index is -0.674. The van der Waals surface area contributed by atoms with Crippen LogP contribution in [0, 0.1) is 0 Å². The first kappa shape index (κ1) is 18.9. The van der Waals surface area contributed by atoms with Crippen LogP contribution in [0.25, 0.3) is 6.08 Å². The van der Waals surface area contributed by atoms with Crippen molar-refractivity contribution >= 4 is 23.9 Å². The Hall–Kier alpha value is -3.41. The third-order valence-electron chi connectivity index (χ3n) is 5.28. The number of ether oxygens (including phenoxy) is 1. The van der Waals surface area contributed by atoms with Crippen molar-refractivity contribution < 1.29 is 19.1 Å². The number of benzene rings is 2. The lowest BCUT2D eigenvalue weighted by atomic mass is 10.0. The van der Waals surface area contributed by atoms with Gasteiger partial charge in [-0.1, -0.05) is 61.4 Å². The number of nitrogens with zero attached hydrogens (tertiary/aromatic N) is 1. The van der Waals surface area contributed by atoms with Crippen molar-refractivity contribution in [1.29, 1.82) is 0 Å². The van der Waals surface area contributed by atoms with Gasteiger partial charge in [-0.2, -0.15) is 0 Å². The molecule has 29 heavy (non-hydrogen) atoms. The Labute approximate surface area is 169 Å². The molecule has 0 spiro atoms. The maximum atomic E-state index is 13.0. The highest BCUT2D eigenvalue weighted by Crippen LogP contribution is 2.28. The zero-order chi connectivity index (χ0) is 20.2. The van der Waals surface area contributed by atoms with E-state index in [0.29, 0.717) is 17.9 Å². The van der Waals surface area contributed by atoms with Crippen LogP contribution in [0.3, 0.4) is 0 Å². The van der Waals surface area contributed by atoms with Gasteiger partial charge in [0.05, 0.1) is 0 Å². The van der Waals surface area contributed by atoms with E-state index >= 15 is 0 Å². The lowest BCUT2D eigenvalue weighted by Gasteiger charge is -2.31. The van der Waals surface area contributed by atoms with Gasteiger partial charge in [0.2, 0.25) is 0 Å². The maximum Gasteiger partial charge on any atom is 0.331 e. The number of rotatable bonds is 5. The summed E-state index contributed by atoms with van der Waals surface area (Å²) in [6, 6.07) is 16.2. The molecule has 6 heteroatoms. The number of hydrogen-bond donors (Lipinski definition) is 1. The summed E-state index contributed by atoms with van der Waals surface area (Å²) in [7, 11) is 0. The van der Waals surface area contributed by atoms with Gasteiger partial charge in [0.25, 0.3) is 11.8 Å². The van der Waals surface area contributed by atoms with Gasteiger partial charge in [-0.25, -0.2) is 4.79 Å². The summed E-state index contributed by atoms with van der Waals surface area (Å²) in [6.45, 7) is 0.369. The van der Waals surface area contributed by atoms with Gasteiger partial charge in [-0.05, 0) is 30.5 Å². The number of hydrogen-bond acceptors (Lipinski definition) is 4. The van der Waals surface area contributed by atoms with Crippen molar-refractivity contribution in [2.24, 2.45) is 0 Å². The van der Waals surface area contributed by atoms with E-state index in [0.717, 1.165) is 31.2 Å². The number of amides is 4. The van der Waals surface area contributed by atoms with Crippen molar-refractivity contribution in [3.05, 3.63) is 71.3 Å². The van der Waals surface area contributed by atoms with Crippen LogP contribution in [0.2, 0.25) is 0 Å². The molecule has 2 fully saturated rings. The number of nitrogens with one attached hydrogen (secondary N) is 1. The van der Waals surface area contributed by atoms with Gasteiger partial charge in [0, 0.05) is 11.6 Å². The average Bonchev–Trinajstić information content (AvgIpc) is 3.25. The molecule has 1 N–H and O–H groups in total. The van der Waals surface area contributed by atoms with Crippen molar-refractivity contribution in [3.63, 3.8) is 0 Å².